The smallest absolute Gasteiger partial charge is 0.185 e. The maximum absolute atomic E-state index is 8.78. The van der Waals surface area contributed by atoms with Crippen molar-refractivity contribution in [1.29, 1.82) is 5.26 Å². The van der Waals surface area contributed by atoms with Crippen LogP contribution in [0.25, 0.3) is 0 Å². The van der Waals surface area contributed by atoms with Crippen molar-refractivity contribution < 1.29 is 9.16 Å². The Kier molecular flexibility index (Phi) is 6.06. The minimum atomic E-state index is -0.682. The van der Waals surface area contributed by atoms with Crippen LogP contribution in [0.1, 0.15) is 32.3 Å². The molecule has 1 rings (SSSR count). The minimum absolute atomic E-state index is 0.246. The van der Waals surface area contributed by atoms with Crippen LogP contribution in [0.5, 0.6) is 0 Å². The third kappa shape index (κ3) is 3.67. The fraction of sp³-hybridized carbons (Fsp3) is 0.500. The molecule has 2 atom stereocenters. The number of ether oxygens (including phenoxy) is 1. The normalized spacial score (nSPS) is 15.8. The van der Waals surface area contributed by atoms with E-state index in [2.05, 4.69) is 13.0 Å². The predicted octanol–water partition coefficient (Wildman–Crippen LogP) is 2.11. The Bertz CT molecular complexity index is 391. The minimum Gasteiger partial charge on any atom is -0.398 e. The van der Waals surface area contributed by atoms with Crippen molar-refractivity contribution in [2.45, 2.75) is 32.5 Å². The molecule has 0 fully saturated rings. The van der Waals surface area contributed by atoms with E-state index in [1.807, 2.05) is 37.3 Å². The van der Waals surface area contributed by atoms with E-state index < -0.39 is 5.79 Å². The molecule has 3 nitrogen and oxygen atoms in total. The van der Waals surface area contributed by atoms with Crippen molar-refractivity contribution in [3.63, 3.8) is 0 Å². The van der Waals surface area contributed by atoms with Gasteiger partial charge >= 0.3 is 0 Å². The third-order valence-corrected chi connectivity index (χ3v) is 3.64. The van der Waals surface area contributed by atoms with Gasteiger partial charge in [0.25, 0.3) is 0 Å². The van der Waals surface area contributed by atoms with Gasteiger partial charge in [-0.15, -0.1) is 0 Å². The second kappa shape index (κ2) is 7.32. The molecule has 4 heteroatoms. The molecule has 0 saturated heterocycles. The third-order valence-electron chi connectivity index (χ3n) is 2.98. The number of nitriles is 1. The first kappa shape index (κ1) is 14.9. The van der Waals surface area contributed by atoms with Gasteiger partial charge < -0.3 is 9.16 Å². The van der Waals surface area contributed by atoms with Gasteiger partial charge in [0.1, 0.15) is 10.5 Å². The highest BCUT2D eigenvalue weighted by molar-refractivity contribution is 5.98. The van der Waals surface area contributed by atoms with Crippen molar-refractivity contribution in [2.75, 3.05) is 6.61 Å². The van der Waals surface area contributed by atoms with E-state index in [1.54, 1.807) is 0 Å². The van der Waals surface area contributed by atoms with Gasteiger partial charge in [0.15, 0.2) is 5.79 Å². The molecule has 0 spiro atoms. The average Bonchev–Trinajstić information content (AvgIpc) is 2.39. The van der Waals surface area contributed by atoms with Crippen LogP contribution in [0, 0.1) is 17.2 Å². The number of hydrogen-bond donors (Lipinski definition) is 0. The zero-order valence-corrected chi connectivity index (χ0v) is 13.3. The Hall–Kier alpha value is -1.15. The maximum Gasteiger partial charge on any atom is 0.185 e. The van der Waals surface area contributed by atoms with Crippen LogP contribution in [0.3, 0.4) is 0 Å². The molecule has 0 aliphatic rings. The molecule has 0 N–H and O–H groups in total. The van der Waals surface area contributed by atoms with Gasteiger partial charge in [0.2, 0.25) is 0 Å². The Morgan fingerprint density at radius 1 is 1.39 bits per heavy atom. The summed E-state index contributed by atoms with van der Waals surface area (Å²) in [5.41, 5.74) is 1.03. The lowest BCUT2D eigenvalue weighted by molar-refractivity contribution is -0.198. The summed E-state index contributed by atoms with van der Waals surface area (Å²) >= 11 is 0. The fourth-order valence-electron chi connectivity index (χ4n) is 2.13. The Labute approximate surface area is 112 Å². The van der Waals surface area contributed by atoms with Gasteiger partial charge in [-0.2, -0.15) is 5.26 Å². The molecule has 0 aliphatic heterocycles. The molecular weight excluding hydrogens is 242 g/mol. The summed E-state index contributed by atoms with van der Waals surface area (Å²) in [5, 5.41) is 8.78. The van der Waals surface area contributed by atoms with Crippen LogP contribution in [-0.4, -0.2) is 17.1 Å². The molecule has 0 saturated carbocycles. The van der Waals surface area contributed by atoms with E-state index in [-0.39, 0.29) is 5.92 Å². The van der Waals surface area contributed by atoms with E-state index in [1.165, 1.54) is 0 Å². The molecular formula is C14H21NO2Si. The van der Waals surface area contributed by atoms with Crippen LogP contribution in [0.4, 0.5) is 0 Å². The van der Waals surface area contributed by atoms with Crippen molar-refractivity contribution in [3.8, 4) is 6.07 Å². The number of nitrogens with zero attached hydrogens (tertiary/aromatic N) is 1. The van der Waals surface area contributed by atoms with Gasteiger partial charge in [-0.05, 0) is 12.8 Å². The van der Waals surface area contributed by atoms with E-state index in [0.29, 0.717) is 29.9 Å². The second-order valence-corrected chi connectivity index (χ2v) is 4.84. The summed E-state index contributed by atoms with van der Waals surface area (Å²) in [6.45, 7) is 4.62. The maximum atomic E-state index is 8.78. The summed E-state index contributed by atoms with van der Waals surface area (Å²) in [6.07, 6.45) is 1.23. The topological polar surface area (TPSA) is 42.2 Å². The van der Waals surface area contributed by atoms with Crippen molar-refractivity contribution in [3.05, 3.63) is 35.9 Å². The van der Waals surface area contributed by atoms with Gasteiger partial charge in [0.05, 0.1) is 6.07 Å². The van der Waals surface area contributed by atoms with Gasteiger partial charge in [-0.25, -0.2) is 0 Å². The van der Waals surface area contributed by atoms with Crippen molar-refractivity contribution >= 4 is 10.5 Å². The largest absolute Gasteiger partial charge is 0.398 e. The van der Waals surface area contributed by atoms with Crippen LogP contribution >= 0.6 is 0 Å². The molecule has 0 radical (unpaired) electrons. The summed E-state index contributed by atoms with van der Waals surface area (Å²) in [4.78, 5) is 0. The SMILES string of the molecule is CCOC(CC(C)CC#N)(O[SiH3])c1ccccc1. The molecule has 0 bridgehead atoms. The molecule has 2 unspecified atom stereocenters. The molecule has 98 valence electrons. The average molecular weight is 263 g/mol. The highest BCUT2D eigenvalue weighted by atomic mass is 28.2. The second-order valence-electron chi connectivity index (χ2n) is 4.43. The summed E-state index contributed by atoms with van der Waals surface area (Å²) in [7, 11) is 0.597. The van der Waals surface area contributed by atoms with Crippen molar-refractivity contribution in [1.82, 2.24) is 0 Å². The van der Waals surface area contributed by atoms with Gasteiger partial charge in [-0.3, -0.25) is 0 Å². The van der Waals surface area contributed by atoms with Crippen LogP contribution in [-0.2, 0) is 14.9 Å². The molecule has 18 heavy (non-hydrogen) atoms. The zero-order chi connectivity index (χ0) is 13.4. The zero-order valence-electron chi connectivity index (χ0n) is 11.3. The lowest BCUT2D eigenvalue weighted by Gasteiger charge is -2.35. The van der Waals surface area contributed by atoms with E-state index in [9.17, 15) is 0 Å². The standard InChI is InChI=1S/C14H21NO2Si/c1-3-16-14(17-18,11-12(2)9-10-15)13-7-5-4-6-8-13/h4-8,12H,3,9,11H2,1-2,18H3. The van der Waals surface area contributed by atoms with E-state index in [4.69, 9.17) is 14.4 Å². The Balaban J connectivity index is 2.98. The molecule has 0 aromatic heterocycles. The number of hydrogen-bond acceptors (Lipinski definition) is 3. The van der Waals surface area contributed by atoms with Gasteiger partial charge in [0, 0.05) is 25.0 Å². The molecule has 0 aliphatic carbocycles. The molecule has 0 heterocycles. The molecule has 1 aromatic rings. The summed E-state index contributed by atoms with van der Waals surface area (Å²) < 4.78 is 11.7. The van der Waals surface area contributed by atoms with Crippen LogP contribution in [0.2, 0.25) is 0 Å². The van der Waals surface area contributed by atoms with E-state index >= 15 is 0 Å². The van der Waals surface area contributed by atoms with E-state index in [0.717, 1.165) is 5.56 Å². The quantitative estimate of drug-likeness (QED) is 0.559. The Morgan fingerprint density at radius 3 is 2.56 bits per heavy atom. The first-order chi connectivity index (χ1) is 8.68. The van der Waals surface area contributed by atoms with Crippen molar-refractivity contribution in [2.24, 2.45) is 5.92 Å². The summed E-state index contributed by atoms with van der Waals surface area (Å²) in [6, 6.07) is 12.2. The first-order valence-electron chi connectivity index (χ1n) is 6.30. The Morgan fingerprint density at radius 2 is 2.06 bits per heavy atom. The fourth-order valence-corrected chi connectivity index (χ4v) is 2.65. The number of benzene rings is 1. The molecule has 0 amide bonds. The highest BCUT2D eigenvalue weighted by Gasteiger charge is 2.33. The van der Waals surface area contributed by atoms with Crippen LogP contribution in [0.15, 0.2) is 30.3 Å². The predicted molar refractivity (Wildman–Crippen MR) is 74.8 cm³/mol. The monoisotopic (exact) mass is 263 g/mol. The molecule has 1 aromatic carbocycles. The summed E-state index contributed by atoms with van der Waals surface area (Å²) in [5.74, 6) is -0.436. The highest BCUT2D eigenvalue weighted by Crippen LogP contribution is 2.34. The number of rotatable bonds is 7. The van der Waals surface area contributed by atoms with Gasteiger partial charge in [-0.1, -0.05) is 37.3 Å². The van der Waals surface area contributed by atoms with Crippen LogP contribution < -0.4 is 0 Å². The lowest BCUT2D eigenvalue weighted by atomic mass is 9.93. The first-order valence-corrected chi connectivity index (χ1v) is 7.11. The lowest BCUT2D eigenvalue weighted by Crippen LogP contribution is -2.34.